The molecule has 1 aromatic carbocycles. The minimum absolute atomic E-state index is 0.167. The molecule has 0 unspecified atom stereocenters. The Morgan fingerprint density at radius 1 is 1.00 bits per heavy atom. The Morgan fingerprint density at radius 3 is 1.62 bits per heavy atom. The van der Waals surface area contributed by atoms with E-state index in [1.54, 1.807) is 11.1 Å². The maximum Gasteiger partial charge on any atom is 0.126 e. The van der Waals surface area contributed by atoms with Crippen molar-refractivity contribution in [3.05, 3.63) is 35.4 Å². The number of benzene rings is 1. The number of aryl methyl sites for hydroxylation is 2. The van der Waals surface area contributed by atoms with Crippen molar-refractivity contribution in [2.75, 3.05) is 0 Å². The predicted octanol–water partition coefficient (Wildman–Crippen LogP) is 2.98. The maximum absolute atomic E-state index is 9.44. The zero-order chi connectivity index (χ0) is 12.4. The molecule has 0 aromatic heterocycles. The molecule has 1 aromatic rings. The summed E-state index contributed by atoms with van der Waals surface area (Å²) in [6, 6.07) is 8.80. The van der Waals surface area contributed by atoms with Crippen molar-refractivity contribution in [3.63, 3.8) is 0 Å². The molecule has 1 aliphatic rings. The summed E-state index contributed by atoms with van der Waals surface area (Å²) in [5.41, 5.74) is 3.16. The number of ketones is 1. The first-order valence-corrected chi connectivity index (χ1v) is 5.53. The van der Waals surface area contributed by atoms with E-state index >= 15 is 0 Å². The van der Waals surface area contributed by atoms with Crippen LogP contribution >= 0.6 is 0 Å². The lowest BCUT2D eigenvalue weighted by atomic mass is 9.92. The van der Waals surface area contributed by atoms with E-state index in [0.717, 1.165) is 0 Å². The van der Waals surface area contributed by atoms with E-state index in [0.29, 0.717) is 0 Å². The Kier molecular flexibility index (Phi) is 8.04. The van der Waals surface area contributed by atoms with Gasteiger partial charge in [0, 0.05) is 0 Å². The summed E-state index contributed by atoms with van der Waals surface area (Å²) < 4.78 is 0. The second-order valence-corrected chi connectivity index (χ2v) is 3.88. The summed E-state index contributed by atoms with van der Waals surface area (Å²) >= 11 is 0. The first-order chi connectivity index (χ1) is 7.70. The minimum atomic E-state index is 0.167. The molecule has 0 saturated heterocycles. The van der Waals surface area contributed by atoms with Gasteiger partial charge < -0.3 is 9.59 Å². The van der Waals surface area contributed by atoms with Crippen molar-refractivity contribution < 1.29 is 9.59 Å². The predicted molar refractivity (Wildman–Crippen MR) is 66.6 cm³/mol. The highest BCUT2D eigenvalue weighted by atomic mass is 16.1. The van der Waals surface area contributed by atoms with E-state index < -0.39 is 0 Å². The number of fused-ring (bicyclic) bond motifs is 1. The van der Waals surface area contributed by atoms with E-state index in [4.69, 9.17) is 4.79 Å². The van der Waals surface area contributed by atoms with Crippen LogP contribution in [0.1, 0.15) is 37.8 Å². The molecule has 0 spiro atoms. The second kappa shape index (κ2) is 8.84. The molecule has 0 aliphatic heterocycles. The minimum Gasteiger partial charge on any atom is -0.307 e. The summed E-state index contributed by atoms with van der Waals surface area (Å²) in [6.07, 6.45) is 5.38. The molecule has 0 bridgehead atoms. The third-order valence-corrected chi connectivity index (χ3v) is 2.26. The van der Waals surface area contributed by atoms with E-state index in [9.17, 15) is 4.79 Å². The van der Waals surface area contributed by atoms with Gasteiger partial charge in [-0.1, -0.05) is 24.3 Å². The van der Waals surface area contributed by atoms with Gasteiger partial charge in [0.25, 0.3) is 0 Å². The number of carbonyl (C=O) groups is 2. The highest BCUT2D eigenvalue weighted by molar-refractivity contribution is 5.72. The Balaban J connectivity index is 0.000000323. The molecule has 88 valence electrons. The summed E-state index contributed by atoms with van der Waals surface area (Å²) in [5.74, 6) is 0.167. The number of hydrogen-bond donors (Lipinski definition) is 0. The third-order valence-electron chi connectivity index (χ3n) is 2.26. The van der Waals surface area contributed by atoms with Crippen molar-refractivity contribution in [2.45, 2.75) is 39.5 Å². The molecule has 0 amide bonds. The molecule has 0 N–H and O–H groups in total. The van der Waals surface area contributed by atoms with Gasteiger partial charge in [-0.15, -0.1) is 0 Å². The molecule has 2 heteroatoms. The van der Waals surface area contributed by atoms with Gasteiger partial charge in [0.05, 0.1) is 0 Å². The van der Waals surface area contributed by atoms with Crippen LogP contribution in [-0.2, 0) is 22.4 Å². The van der Waals surface area contributed by atoms with Crippen LogP contribution in [0.3, 0.4) is 0 Å². The zero-order valence-electron chi connectivity index (χ0n) is 10.2. The first kappa shape index (κ1) is 14.6. The molecular formula is C14H20O2. The largest absolute Gasteiger partial charge is 0.307 e. The van der Waals surface area contributed by atoms with Crippen LogP contribution in [0, 0.1) is 0 Å². The average Bonchev–Trinajstić information content (AvgIpc) is 2.31. The van der Waals surface area contributed by atoms with Crippen molar-refractivity contribution in [2.24, 2.45) is 0 Å². The molecule has 0 fully saturated rings. The lowest BCUT2D eigenvalue weighted by molar-refractivity contribution is -0.115. The fraction of sp³-hybridized carbons (Fsp3) is 0.429. The zero-order valence-corrected chi connectivity index (χ0v) is 10.2. The van der Waals surface area contributed by atoms with Crippen LogP contribution in [-0.4, -0.2) is 12.6 Å². The molecule has 16 heavy (non-hydrogen) atoms. The van der Waals surface area contributed by atoms with Gasteiger partial charge >= 0.3 is 0 Å². The highest BCUT2D eigenvalue weighted by Gasteiger charge is 2.05. The molecule has 0 heterocycles. The molecular weight excluding hydrogens is 200 g/mol. The Labute approximate surface area is 97.7 Å². The normalized spacial score (nSPS) is 12.1. The summed E-state index contributed by atoms with van der Waals surface area (Å²) in [5, 5.41) is 0. The molecule has 1 aliphatic carbocycles. The van der Waals surface area contributed by atoms with Crippen LogP contribution in [0.25, 0.3) is 0 Å². The highest BCUT2D eigenvalue weighted by Crippen LogP contribution is 2.19. The molecule has 2 rings (SSSR count). The topological polar surface area (TPSA) is 34.1 Å². The van der Waals surface area contributed by atoms with Crippen LogP contribution in [0.4, 0.5) is 0 Å². The van der Waals surface area contributed by atoms with E-state index in [-0.39, 0.29) is 5.78 Å². The van der Waals surface area contributed by atoms with E-state index in [1.807, 2.05) is 6.79 Å². The van der Waals surface area contributed by atoms with E-state index in [1.165, 1.54) is 39.5 Å². The van der Waals surface area contributed by atoms with Crippen LogP contribution in [0.5, 0.6) is 0 Å². The van der Waals surface area contributed by atoms with Gasteiger partial charge in [-0.25, -0.2) is 0 Å². The fourth-order valence-electron chi connectivity index (χ4n) is 1.68. The van der Waals surface area contributed by atoms with Crippen LogP contribution in [0.2, 0.25) is 0 Å². The third kappa shape index (κ3) is 6.12. The molecule has 0 saturated carbocycles. The van der Waals surface area contributed by atoms with Gasteiger partial charge in [0.15, 0.2) is 0 Å². The van der Waals surface area contributed by atoms with Gasteiger partial charge in [-0.05, 0) is 50.7 Å². The van der Waals surface area contributed by atoms with Crippen LogP contribution < -0.4 is 0 Å². The monoisotopic (exact) mass is 220 g/mol. The summed E-state index contributed by atoms with van der Waals surface area (Å²) in [7, 11) is 0. The SMILES string of the molecule is C=O.CC(C)=O.c1ccc2c(c1)CCCC2. The number of hydrogen-bond acceptors (Lipinski definition) is 2. The van der Waals surface area contributed by atoms with Crippen molar-refractivity contribution in [3.8, 4) is 0 Å². The molecule has 2 nitrogen and oxygen atoms in total. The first-order valence-electron chi connectivity index (χ1n) is 5.53. The maximum atomic E-state index is 9.44. The summed E-state index contributed by atoms with van der Waals surface area (Å²) in [4.78, 5) is 17.4. The fourth-order valence-corrected chi connectivity index (χ4v) is 1.68. The molecule has 0 radical (unpaired) electrons. The Bertz CT molecular complexity index is 289. The number of rotatable bonds is 0. The second-order valence-electron chi connectivity index (χ2n) is 3.88. The lowest BCUT2D eigenvalue weighted by Gasteiger charge is -2.13. The average molecular weight is 220 g/mol. The van der Waals surface area contributed by atoms with Gasteiger partial charge in [0.1, 0.15) is 12.6 Å². The van der Waals surface area contributed by atoms with Gasteiger partial charge in [-0.2, -0.15) is 0 Å². The number of carbonyl (C=O) groups excluding carboxylic acids is 2. The van der Waals surface area contributed by atoms with Gasteiger partial charge in [-0.3, -0.25) is 0 Å². The van der Waals surface area contributed by atoms with E-state index in [2.05, 4.69) is 24.3 Å². The molecule has 0 atom stereocenters. The van der Waals surface area contributed by atoms with Crippen molar-refractivity contribution in [1.82, 2.24) is 0 Å². The van der Waals surface area contributed by atoms with Crippen molar-refractivity contribution in [1.29, 1.82) is 0 Å². The lowest BCUT2D eigenvalue weighted by Crippen LogP contribution is -2.00. The van der Waals surface area contributed by atoms with Crippen molar-refractivity contribution >= 4 is 12.6 Å². The van der Waals surface area contributed by atoms with Gasteiger partial charge in [0.2, 0.25) is 0 Å². The Hall–Kier alpha value is -1.44. The van der Waals surface area contributed by atoms with Crippen LogP contribution in [0.15, 0.2) is 24.3 Å². The smallest absolute Gasteiger partial charge is 0.126 e. The number of Topliss-reactive ketones (excluding diaryl/α,β-unsaturated/α-hetero) is 1. The standard InChI is InChI=1S/C10H12.C3H6O.CH2O/c1-2-6-10-8-4-3-7-9(10)5-1;1-3(2)4;1-2/h1-2,5-6H,3-4,7-8H2;1-2H3;1H2. The summed E-state index contributed by atoms with van der Waals surface area (Å²) in [6.45, 7) is 5.06. The Morgan fingerprint density at radius 2 is 1.31 bits per heavy atom. The quantitative estimate of drug-likeness (QED) is 0.673.